The molecule has 6 nitrogen and oxygen atoms in total. The number of allylic oxidation sites excluding steroid dienone is 1. The SMILES string of the molecule is C=CCc1ccc(OCC(O)Cn2cnnc2)c(OC)c1. The van der Waals surface area contributed by atoms with Crippen molar-refractivity contribution in [2.75, 3.05) is 13.7 Å². The Bertz CT molecular complexity index is 570. The third-order valence-corrected chi connectivity index (χ3v) is 2.93. The van der Waals surface area contributed by atoms with Crippen molar-refractivity contribution in [1.82, 2.24) is 14.8 Å². The molecule has 0 aliphatic heterocycles. The fourth-order valence-electron chi connectivity index (χ4n) is 1.92. The molecule has 0 aliphatic rings. The van der Waals surface area contributed by atoms with Gasteiger partial charge in [0.25, 0.3) is 0 Å². The third-order valence-electron chi connectivity index (χ3n) is 2.93. The van der Waals surface area contributed by atoms with Gasteiger partial charge in [-0.3, -0.25) is 0 Å². The van der Waals surface area contributed by atoms with E-state index in [1.54, 1.807) is 24.3 Å². The van der Waals surface area contributed by atoms with Gasteiger partial charge >= 0.3 is 0 Å². The quantitative estimate of drug-likeness (QED) is 0.745. The van der Waals surface area contributed by atoms with Crippen molar-refractivity contribution in [1.29, 1.82) is 0 Å². The Kier molecular flexibility index (Phi) is 5.34. The predicted molar refractivity (Wildman–Crippen MR) is 78.4 cm³/mol. The molecule has 0 aliphatic carbocycles. The zero-order chi connectivity index (χ0) is 15.1. The number of aliphatic hydroxyl groups excluding tert-OH is 1. The summed E-state index contributed by atoms with van der Waals surface area (Å²) >= 11 is 0. The minimum Gasteiger partial charge on any atom is -0.493 e. The summed E-state index contributed by atoms with van der Waals surface area (Å²) in [4.78, 5) is 0. The molecule has 1 aromatic heterocycles. The van der Waals surface area contributed by atoms with E-state index in [1.807, 2.05) is 24.3 Å². The number of aromatic nitrogens is 3. The lowest BCUT2D eigenvalue weighted by Crippen LogP contribution is -2.23. The van der Waals surface area contributed by atoms with Gasteiger partial charge in [0.15, 0.2) is 11.5 Å². The number of methoxy groups -OCH3 is 1. The van der Waals surface area contributed by atoms with E-state index < -0.39 is 6.10 Å². The highest BCUT2D eigenvalue weighted by Gasteiger charge is 2.10. The minimum atomic E-state index is -0.654. The zero-order valence-electron chi connectivity index (χ0n) is 12.0. The van der Waals surface area contributed by atoms with Gasteiger partial charge in [-0.15, -0.1) is 16.8 Å². The number of hydrogen-bond acceptors (Lipinski definition) is 5. The smallest absolute Gasteiger partial charge is 0.161 e. The number of nitrogens with zero attached hydrogens (tertiary/aromatic N) is 3. The van der Waals surface area contributed by atoms with Crippen molar-refractivity contribution in [3.8, 4) is 11.5 Å². The van der Waals surface area contributed by atoms with Crippen molar-refractivity contribution in [3.05, 3.63) is 49.1 Å². The second-order valence-corrected chi connectivity index (χ2v) is 4.60. The molecule has 0 saturated carbocycles. The van der Waals surface area contributed by atoms with Crippen LogP contribution in [0.1, 0.15) is 5.56 Å². The van der Waals surface area contributed by atoms with Crippen LogP contribution in [0.2, 0.25) is 0 Å². The van der Waals surface area contributed by atoms with Crippen molar-refractivity contribution < 1.29 is 14.6 Å². The summed E-state index contributed by atoms with van der Waals surface area (Å²) in [6, 6.07) is 5.69. The maximum atomic E-state index is 9.93. The summed E-state index contributed by atoms with van der Waals surface area (Å²) < 4.78 is 12.6. The first-order valence-electron chi connectivity index (χ1n) is 6.64. The molecule has 0 saturated heterocycles. The molecular formula is C15H19N3O3. The molecule has 112 valence electrons. The van der Waals surface area contributed by atoms with Crippen molar-refractivity contribution in [2.45, 2.75) is 19.1 Å². The second kappa shape index (κ2) is 7.44. The monoisotopic (exact) mass is 289 g/mol. The van der Waals surface area contributed by atoms with Crippen LogP contribution in [-0.4, -0.2) is 39.7 Å². The normalized spacial score (nSPS) is 11.9. The van der Waals surface area contributed by atoms with Gasteiger partial charge in [0, 0.05) is 0 Å². The molecule has 1 aromatic carbocycles. The lowest BCUT2D eigenvalue weighted by Gasteiger charge is -2.15. The van der Waals surface area contributed by atoms with Crippen LogP contribution in [0.4, 0.5) is 0 Å². The van der Waals surface area contributed by atoms with E-state index in [1.165, 1.54) is 0 Å². The Hall–Kier alpha value is -2.34. The van der Waals surface area contributed by atoms with Gasteiger partial charge in [0.1, 0.15) is 25.4 Å². The Morgan fingerprint density at radius 3 is 2.76 bits per heavy atom. The molecule has 6 heteroatoms. The first-order valence-corrected chi connectivity index (χ1v) is 6.64. The average molecular weight is 289 g/mol. The summed E-state index contributed by atoms with van der Waals surface area (Å²) in [5.74, 6) is 1.25. The van der Waals surface area contributed by atoms with E-state index >= 15 is 0 Å². The third kappa shape index (κ3) is 4.32. The maximum Gasteiger partial charge on any atom is 0.161 e. The van der Waals surface area contributed by atoms with Gasteiger partial charge in [-0.05, 0) is 24.1 Å². The van der Waals surface area contributed by atoms with Gasteiger partial charge in [0.05, 0.1) is 13.7 Å². The summed E-state index contributed by atoms with van der Waals surface area (Å²) in [5, 5.41) is 17.3. The Labute approximate surface area is 123 Å². The number of hydrogen-bond donors (Lipinski definition) is 1. The Morgan fingerprint density at radius 2 is 2.10 bits per heavy atom. The Morgan fingerprint density at radius 1 is 1.33 bits per heavy atom. The summed E-state index contributed by atoms with van der Waals surface area (Å²) in [6.07, 6.45) is 5.05. The summed E-state index contributed by atoms with van der Waals surface area (Å²) in [6.45, 7) is 4.25. The lowest BCUT2D eigenvalue weighted by molar-refractivity contribution is 0.0909. The zero-order valence-corrected chi connectivity index (χ0v) is 12.0. The minimum absolute atomic E-state index is 0.162. The van der Waals surface area contributed by atoms with E-state index in [0.717, 1.165) is 12.0 Å². The van der Waals surface area contributed by atoms with E-state index in [9.17, 15) is 5.11 Å². The van der Waals surface area contributed by atoms with Crippen LogP contribution < -0.4 is 9.47 Å². The number of ether oxygens (including phenoxy) is 2. The number of rotatable bonds is 8. The van der Waals surface area contributed by atoms with Crippen molar-refractivity contribution in [3.63, 3.8) is 0 Å². The van der Waals surface area contributed by atoms with Crippen LogP contribution in [0.3, 0.4) is 0 Å². The first kappa shape index (κ1) is 15.1. The van der Waals surface area contributed by atoms with Gasteiger partial charge in [-0.2, -0.15) is 0 Å². The molecule has 2 rings (SSSR count). The molecule has 0 bridgehead atoms. The van der Waals surface area contributed by atoms with Gasteiger partial charge in [-0.25, -0.2) is 0 Å². The molecular weight excluding hydrogens is 270 g/mol. The van der Waals surface area contributed by atoms with Gasteiger partial charge in [-0.1, -0.05) is 12.1 Å². The standard InChI is InChI=1S/C15H19N3O3/c1-3-4-12-5-6-14(15(7-12)20-2)21-9-13(19)8-18-10-16-17-11-18/h3,5-7,10-11,13,19H,1,4,8-9H2,2H3. The number of aliphatic hydroxyl groups is 1. The van der Waals surface area contributed by atoms with Crippen LogP contribution in [0.15, 0.2) is 43.5 Å². The van der Waals surface area contributed by atoms with Crippen LogP contribution >= 0.6 is 0 Å². The molecule has 1 atom stereocenters. The van der Waals surface area contributed by atoms with E-state index in [2.05, 4.69) is 16.8 Å². The molecule has 0 radical (unpaired) electrons. The summed E-state index contributed by atoms with van der Waals surface area (Å²) in [7, 11) is 1.59. The highest BCUT2D eigenvalue weighted by molar-refractivity contribution is 5.43. The largest absolute Gasteiger partial charge is 0.493 e. The molecule has 0 amide bonds. The Balaban J connectivity index is 1.94. The highest BCUT2D eigenvalue weighted by atomic mass is 16.5. The highest BCUT2D eigenvalue weighted by Crippen LogP contribution is 2.28. The lowest BCUT2D eigenvalue weighted by atomic mass is 10.1. The van der Waals surface area contributed by atoms with E-state index in [-0.39, 0.29) is 6.61 Å². The molecule has 2 aromatic rings. The van der Waals surface area contributed by atoms with E-state index in [4.69, 9.17) is 9.47 Å². The molecule has 0 spiro atoms. The number of benzene rings is 1. The summed E-state index contributed by atoms with van der Waals surface area (Å²) in [5.41, 5.74) is 1.10. The molecule has 1 heterocycles. The molecule has 21 heavy (non-hydrogen) atoms. The molecule has 0 fully saturated rings. The van der Waals surface area contributed by atoms with E-state index in [0.29, 0.717) is 18.0 Å². The van der Waals surface area contributed by atoms with Crippen LogP contribution in [0, 0.1) is 0 Å². The van der Waals surface area contributed by atoms with Crippen molar-refractivity contribution >= 4 is 0 Å². The molecule has 1 N–H and O–H groups in total. The van der Waals surface area contributed by atoms with Crippen LogP contribution in [0.5, 0.6) is 11.5 Å². The van der Waals surface area contributed by atoms with Crippen LogP contribution in [-0.2, 0) is 13.0 Å². The fraction of sp³-hybridized carbons (Fsp3) is 0.333. The fourth-order valence-corrected chi connectivity index (χ4v) is 1.92. The average Bonchev–Trinajstić information content (AvgIpc) is 2.99. The van der Waals surface area contributed by atoms with Crippen molar-refractivity contribution in [2.24, 2.45) is 0 Å². The van der Waals surface area contributed by atoms with Gasteiger partial charge in [0.2, 0.25) is 0 Å². The first-order chi connectivity index (χ1) is 10.2. The second-order valence-electron chi connectivity index (χ2n) is 4.60. The molecule has 1 unspecified atom stereocenters. The van der Waals surface area contributed by atoms with Crippen LogP contribution in [0.25, 0.3) is 0 Å². The topological polar surface area (TPSA) is 69.4 Å². The predicted octanol–water partition coefficient (Wildman–Crippen LogP) is 1.46. The van der Waals surface area contributed by atoms with Gasteiger partial charge < -0.3 is 19.1 Å². The maximum absolute atomic E-state index is 9.93.